The molecule has 0 aliphatic carbocycles. The Bertz CT molecular complexity index is 863. The average Bonchev–Trinajstić information content (AvgIpc) is 3.02. The van der Waals surface area contributed by atoms with Gasteiger partial charge in [-0.1, -0.05) is 38.1 Å². The maximum atomic E-state index is 12.0. The van der Waals surface area contributed by atoms with Crippen molar-refractivity contribution in [3.8, 4) is 5.75 Å². The van der Waals surface area contributed by atoms with Gasteiger partial charge in [-0.3, -0.25) is 4.79 Å². The minimum Gasteiger partial charge on any atom is -0.484 e. The predicted octanol–water partition coefficient (Wildman–Crippen LogP) is 4.34. The largest absolute Gasteiger partial charge is 0.484 e. The third-order valence-electron chi connectivity index (χ3n) is 4.54. The molecule has 0 atom stereocenters. The first-order valence-corrected chi connectivity index (χ1v) is 9.09. The lowest BCUT2D eigenvalue weighted by molar-refractivity contribution is -0.123. The number of benzene rings is 2. The molecule has 0 bridgehead atoms. The van der Waals surface area contributed by atoms with Crippen LogP contribution in [0, 0.1) is 6.92 Å². The zero-order valence-corrected chi connectivity index (χ0v) is 15.6. The van der Waals surface area contributed by atoms with E-state index in [1.165, 1.54) is 16.5 Å². The number of rotatable bonds is 7. The fourth-order valence-electron chi connectivity index (χ4n) is 3.19. The number of para-hydroxylation sites is 1. The van der Waals surface area contributed by atoms with Crippen molar-refractivity contribution in [2.75, 3.05) is 13.2 Å². The van der Waals surface area contributed by atoms with Crippen LogP contribution in [0.2, 0.25) is 0 Å². The van der Waals surface area contributed by atoms with Crippen LogP contribution in [0.3, 0.4) is 0 Å². The molecule has 0 saturated heterocycles. The van der Waals surface area contributed by atoms with Gasteiger partial charge in [0, 0.05) is 24.2 Å². The lowest BCUT2D eigenvalue weighted by Crippen LogP contribution is -2.30. The SMILES string of the molecule is Cc1cc(OCC(=O)NCCc2cc3ccccc3[nH]2)ccc1C(C)C. The molecule has 26 heavy (non-hydrogen) atoms. The second-order valence-electron chi connectivity index (χ2n) is 6.94. The topological polar surface area (TPSA) is 54.1 Å². The smallest absolute Gasteiger partial charge is 0.257 e. The maximum Gasteiger partial charge on any atom is 0.257 e. The quantitative estimate of drug-likeness (QED) is 0.666. The summed E-state index contributed by atoms with van der Waals surface area (Å²) >= 11 is 0. The maximum absolute atomic E-state index is 12.0. The summed E-state index contributed by atoms with van der Waals surface area (Å²) in [7, 11) is 0. The molecule has 1 aromatic heterocycles. The number of nitrogens with one attached hydrogen (secondary N) is 2. The standard InChI is InChI=1S/C22H26N2O2/c1-15(2)20-9-8-19(12-16(20)3)26-14-22(25)23-11-10-18-13-17-6-4-5-7-21(17)24-18/h4-9,12-13,15,24H,10-11,14H2,1-3H3,(H,23,25). The van der Waals surface area contributed by atoms with Crippen molar-refractivity contribution in [3.05, 3.63) is 65.4 Å². The van der Waals surface area contributed by atoms with E-state index in [9.17, 15) is 4.79 Å². The van der Waals surface area contributed by atoms with Gasteiger partial charge in [-0.25, -0.2) is 0 Å². The number of hydrogen-bond acceptors (Lipinski definition) is 2. The molecule has 3 rings (SSSR count). The Balaban J connectivity index is 1.45. The van der Waals surface area contributed by atoms with Gasteiger partial charge >= 0.3 is 0 Å². The van der Waals surface area contributed by atoms with Crippen molar-refractivity contribution in [1.82, 2.24) is 10.3 Å². The summed E-state index contributed by atoms with van der Waals surface area (Å²) in [6.07, 6.45) is 0.766. The first-order valence-electron chi connectivity index (χ1n) is 9.09. The van der Waals surface area contributed by atoms with Crippen LogP contribution in [0.1, 0.15) is 36.6 Å². The molecule has 0 aliphatic heterocycles. The van der Waals surface area contributed by atoms with Crippen LogP contribution in [0.5, 0.6) is 5.75 Å². The van der Waals surface area contributed by atoms with Crippen molar-refractivity contribution in [3.63, 3.8) is 0 Å². The minimum absolute atomic E-state index is 0.0349. The van der Waals surface area contributed by atoms with Gasteiger partial charge in [-0.05, 0) is 53.6 Å². The van der Waals surface area contributed by atoms with Crippen LogP contribution in [-0.2, 0) is 11.2 Å². The predicted molar refractivity (Wildman–Crippen MR) is 106 cm³/mol. The Labute approximate surface area is 154 Å². The van der Waals surface area contributed by atoms with Gasteiger partial charge in [-0.15, -0.1) is 0 Å². The fourth-order valence-corrected chi connectivity index (χ4v) is 3.19. The van der Waals surface area contributed by atoms with Gasteiger partial charge in [0.2, 0.25) is 0 Å². The van der Waals surface area contributed by atoms with Crippen LogP contribution in [0.15, 0.2) is 48.5 Å². The van der Waals surface area contributed by atoms with Gasteiger partial charge in [-0.2, -0.15) is 0 Å². The zero-order chi connectivity index (χ0) is 18.5. The number of carbonyl (C=O) groups is 1. The monoisotopic (exact) mass is 350 g/mol. The van der Waals surface area contributed by atoms with Crippen molar-refractivity contribution in [2.45, 2.75) is 33.1 Å². The summed E-state index contributed by atoms with van der Waals surface area (Å²) in [4.78, 5) is 15.4. The van der Waals surface area contributed by atoms with Gasteiger partial charge in [0.05, 0.1) is 0 Å². The van der Waals surface area contributed by atoms with Crippen molar-refractivity contribution < 1.29 is 9.53 Å². The molecule has 1 heterocycles. The highest BCUT2D eigenvalue weighted by atomic mass is 16.5. The molecule has 136 valence electrons. The Kier molecular flexibility index (Phi) is 5.61. The van der Waals surface area contributed by atoms with E-state index in [2.05, 4.69) is 55.3 Å². The van der Waals surface area contributed by atoms with Crippen LogP contribution in [-0.4, -0.2) is 24.0 Å². The Morgan fingerprint density at radius 2 is 1.96 bits per heavy atom. The molecule has 0 fully saturated rings. The number of amides is 1. The number of H-pyrrole nitrogens is 1. The fraction of sp³-hybridized carbons (Fsp3) is 0.318. The number of fused-ring (bicyclic) bond motifs is 1. The van der Waals surface area contributed by atoms with E-state index in [4.69, 9.17) is 4.74 Å². The highest BCUT2D eigenvalue weighted by Crippen LogP contribution is 2.23. The van der Waals surface area contributed by atoms with E-state index in [1.807, 2.05) is 24.3 Å². The Morgan fingerprint density at radius 1 is 1.15 bits per heavy atom. The van der Waals surface area contributed by atoms with Gasteiger partial charge in [0.1, 0.15) is 5.75 Å². The molecule has 4 nitrogen and oxygen atoms in total. The molecule has 0 aliphatic rings. The van der Waals surface area contributed by atoms with Gasteiger partial charge < -0.3 is 15.0 Å². The number of aryl methyl sites for hydroxylation is 1. The highest BCUT2D eigenvalue weighted by molar-refractivity contribution is 5.80. The Morgan fingerprint density at radius 3 is 2.69 bits per heavy atom. The average molecular weight is 350 g/mol. The van der Waals surface area contributed by atoms with E-state index in [0.717, 1.165) is 23.4 Å². The minimum atomic E-state index is -0.105. The number of aromatic nitrogens is 1. The zero-order valence-electron chi connectivity index (χ0n) is 15.6. The summed E-state index contributed by atoms with van der Waals surface area (Å²) in [5, 5.41) is 4.10. The summed E-state index contributed by atoms with van der Waals surface area (Å²) in [5.41, 5.74) is 4.74. The lowest BCUT2D eigenvalue weighted by atomic mass is 9.98. The molecule has 4 heteroatoms. The normalized spacial score (nSPS) is 11.1. The molecule has 0 radical (unpaired) electrons. The van der Waals surface area contributed by atoms with Crippen molar-refractivity contribution in [2.24, 2.45) is 0 Å². The van der Waals surface area contributed by atoms with Gasteiger partial charge in [0.15, 0.2) is 6.61 Å². The summed E-state index contributed by atoms with van der Waals surface area (Å²) in [6.45, 7) is 7.03. The number of carbonyl (C=O) groups excluding carboxylic acids is 1. The molecule has 2 N–H and O–H groups in total. The lowest BCUT2D eigenvalue weighted by Gasteiger charge is -2.12. The molecule has 3 aromatic rings. The number of hydrogen-bond donors (Lipinski definition) is 2. The molecular weight excluding hydrogens is 324 g/mol. The summed E-state index contributed by atoms with van der Waals surface area (Å²) in [5.74, 6) is 1.11. The van der Waals surface area contributed by atoms with E-state index < -0.39 is 0 Å². The summed E-state index contributed by atoms with van der Waals surface area (Å²) < 4.78 is 5.61. The van der Waals surface area contributed by atoms with Crippen LogP contribution in [0.25, 0.3) is 10.9 Å². The van der Waals surface area contributed by atoms with Crippen LogP contribution in [0.4, 0.5) is 0 Å². The third kappa shape index (κ3) is 4.45. The van der Waals surface area contributed by atoms with E-state index >= 15 is 0 Å². The molecular formula is C22H26N2O2. The first kappa shape index (κ1) is 18.1. The second kappa shape index (κ2) is 8.09. The van der Waals surface area contributed by atoms with Crippen LogP contribution < -0.4 is 10.1 Å². The molecule has 0 unspecified atom stereocenters. The third-order valence-corrected chi connectivity index (χ3v) is 4.54. The van der Waals surface area contributed by atoms with Crippen LogP contribution >= 0.6 is 0 Å². The molecule has 0 saturated carbocycles. The number of aromatic amines is 1. The molecule has 1 amide bonds. The van der Waals surface area contributed by atoms with E-state index in [1.54, 1.807) is 0 Å². The second-order valence-corrected chi connectivity index (χ2v) is 6.94. The molecule has 0 spiro atoms. The highest BCUT2D eigenvalue weighted by Gasteiger charge is 2.07. The first-order chi connectivity index (χ1) is 12.5. The van der Waals surface area contributed by atoms with Crippen molar-refractivity contribution in [1.29, 1.82) is 0 Å². The summed E-state index contributed by atoms with van der Waals surface area (Å²) in [6, 6.07) is 16.3. The Hall–Kier alpha value is -2.75. The van der Waals surface area contributed by atoms with Gasteiger partial charge in [0.25, 0.3) is 5.91 Å². The van der Waals surface area contributed by atoms with E-state index in [-0.39, 0.29) is 12.5 Å². The molecule has 2 aromatic carbocycles. The van der Waals surface area contributed by atoms with E-state index in [0.29, 0.717) is 12.5 Å². The van der Waals surface area contributed by atoms with Crippen molar-refractivity contribution >= 4 is 16.8 Å². The number of ether oxygens (including phenoxy) is 1.